The number of ether oxygens (including phenoxy) is 1. The van der Waals surface area contributed by atoms with Gasteiger partial charge in [-0.1, -0.05) is 0 Å². The van der Waals surface area contributed by atoms with Crippen molar-refractivity contribution in [1.82, 2.24) is 5.32 Å². The number of rotatable bonds is 5. The lowest BCUT2D eigenvalue weighted by Crippen LogP contribution is -2.23. The minimum Gasteiger partial charge on any atom is -0.379 e. The van der Waals surface area contributed by atoms with Crippen LogP contribution in [0.1, 0.15) is 20.1 Å². The fourth-order valence-corrected chi connectivity index (χ4v) is 2.60. The third-order valence-corrected chi connectivity index (χ3v) is 3.79. The molecule has 3 nitrogen and oxygen atoms in total. The lowest BCUT2D eigenvalue weighted by Gasteiger charge is -2.07. The van der Waals surface area contributed by atoms with Crippen molar-refractivity contribution in [2.45, 2.75) is 13.2 Å². The Bertz CT molecular complexity index is 658. The Kier molecular flexibility index (Phi) is 4.98. The molecule has 0 aliphatic heterocycles. The fraction of sp³-hybridized carbons (Fsp3) is 0.214. The second kappa shape index (κ2) is 6.73. The Hall–Kier alpha value is -1.86. The molecule has 0 atom stereocenters. The first-order valence-electron chi connectivity index (χ1n) is 6.01. The summed E-state index contributed by atoms with van der Waals surface area (Å²) in [6.45, 7) is -0.0448. The van der Waals surface area contributed by atoms with Gasteiger partial charge < -0.3 is 10.1 Å². The molecule has 2 rings (SSSR count). The van der Waals surface area contributed by atoms with Gasteiger partial charge in [0, 0.05) is 24.1 Å². The van der Waals surface area contributed by atoms with Crippen molar-refractivity contribution in [3.63, 3.8) is 0 Å². The largest absolute Gasteiger partial charge is 0.379 e. The van der Waals surface area contributed by atoms with Crippen molar-refractivity contribution in [1.29, 1.82) is 0 Å². The minimum atomic E-state index is -1.29. The predicted molar refractivity (Wildman–Crippen MR) is 72.5 cm³/mol. The number of halogens is 3. The number of thiophene rings is 1. The average molecular weight is 315 g/mol. The summed E-state index contributed by atoms with van der Waals surface area (Å²) in [5, 5.41) is 2.36. The Morgan fingerprint density at radius 1 is 1.19 bits per heavy atom. The van der Waals surface area contributed by atoms with Gasteiger partial charge in [-0.25, -0.2) is 13.2 Å². The van der Waals surface area contributed by atoms with E-state index in [1.54, 1.807) is 12.1 Å². The molecular formula is C14H12F3NO2S. The van der Waals surface area contributed by atoms with E-state index < -0.39 is 35.5 Å². The highest BCUT2D eigenvalue weighted by Crippen LogP contribution is 2.18. The number of benzene rings is 1. The maximum absolute atomic E-state index is 13.4. The number of amides is 1. The first-order valence-corrected chi connectivity index (χ1v) is 6.82. The summed E-state index contributed by atoms with van der Waals surface area (Å²) in [7, 11) is 1.54. The van der Waals surface area contributed by atoms with Crippen LogP contribution in [0, 0.1) is 17.5 Å². The standard InChI is InChI=1S/C14H12F3NO2S/c1-20-7-8-2-5-12(21-8)14(19)18-6-9-10(15)3-4-11(16)13(9)17/h2-5H,6-7H2,1H3,(H,18,19). The molecule has 0 unspecified atom stereocenters. The molecule has 7 heteroatoms. The van der Waals surface area contributed by atoms with Crippen molar-refractivity contribution in [3.8, 4) is 0 Å². The molecule has 0 saturated carbocycles. The highest BCUT2D eigenvalue weighted by Gasteiger charge is 2.15. The molecule has 2 aromatic rings. The zero-order chi connectivity index (χ0) is 15.4. The lowest BCUT2D eigenvalue weighted by molar-refractivity contribution is 0.0954. The topological polar surface area (TPSA) is 38.3 Å². The van der Waals surface area contributed by atoms with Crippen molar-refractivity contribution in [2.75, 3.05) is 7.11 Å². The second-order valence-corrected chi connectivity index (χ2v) is 5.37. The first kappa shape index (κ1) is 15.5. The lowest BCUT2D eigenvalue weighted by atomic mass is 10.2. The van der Waals surface area contributed by atoms with Crippen LogP contribution in [0.25, 0.3) is 0 Å². The summed E-state index contributed by atoms with van der Waals surface area (Å²) < 4.78 is 44.8. The van der Waals surface area contributed by atoms with E-state index in [1.165, 1.54) is 18.4 Å². The minimum absolute atomic E-state index is 0.380. The average Bonchev–Trinajstić information content (AvgIpc) is 2.92. The molecule has 0 spiro atoms. The van der Waals surface area contributed by atoms with Crippen LogP contribution in [0.4, 0.5) is 13.2 Å². The Balaban J connectivity index is 2.05. The van der Waals surface area contributed by atoms with Crippen molar-refractivity contribution < 1.29 is 22.7 Å². The highest BCUT2D eigenvalue weighted by molar-refractivity contribution is 7.14. The number of methoxy groups -OCH3 is 1. The number of nitrogens with one attached hydrogen (secondary N) is 1. The van der Waals surface area contributed by atoms with Crippen LogP contribution in [0.5, 0.6) is 0 Å². The predicted octanol–water partition coefficient (Wildman–Crippen LogP) is 3.24. The van der Waals surface area contributed by atoms with Crippen LogP contribution in [-0.4, -0.2) is 13.0 Å². The number of hydrogen-bond acceptors (Lipinski definition) is 3. The van der Waals surface area contributed by atoms with Gasteiger partial charge in [0.2, 0.25) is 0 Å². The van der Waals surface area contributed by atoms with Gasteiger partial charge in [0.25, 0.3) is 5.91 Å². The van der Waals surface area contributed by atoms with E-state index in [1.807, 2.05) is 0 Å². The molecule has 0 fully saturated rings. The van der Waals surface area contributed by atoms with Crippen molar-refractivity contribution >= 4 is 17.2 Å². The van der Waals surface area contributed by atoms with Crippen LogP contribution in [0.15, 0.2) is 24.3 Å². The summed E-state index contributed by atoms with van der Waals surface area (Å²) in [6.07, 6.45) is 0. The van der Waals surface area contributed by atoms with Crippen molar-refractivity contribution in [2.24, 2.45) is 0 Å². The maximum atomic E-state index is 13.4. The zero-order valence-corrected chi connectivity index (χ0v) is 11.9. The smallest absolute Gasteiger partial charge is 0.261 e. The fourth-order valence-electron chi connectivity index (χ4n) is 1.71. The molecule has 0 saturated heterocycles. The van der Waals surface area contributed by atoms with Crippen LogP contribution >= 0.6 is 11.3 Å². The summed E-state index contributed by atoms with van der Waals surface area (Å²) in [5.41, 5.74) is -0.503. The maximum Gasteiger partial charge on any atom is 0.261 e. The van der Waals surface area contributed by atoms with Crippen molar-refractivity contribution in [3.05, 3.63) is 57.0 Å². The molecule has 112 valence electrons. The van der Waals surface area contributed by atoms with E-state index in [0.717, 1.165) is 10.9 Å². The summed E-state index contributed by atoms with van der Waals surface area (Å²) in [4.78, 5) is 13.1. The van der Waals surface area contributed by atoms with E-state index in [0.29, 0.717) is 17.6 Å². The molecule has 0 aliphatic carbocycles. The number of hydrogen-bond donors (Lipinski definition) is 1. The molecule has 1 aromatic heterocycles. The molecule has 0 aliphatic rings. The molecule has 1 aromatic carbocycles. The van der Waals surface area contributed by atoms with Gasteiger partial charge in [-0.2, -0.15) is 0 Å². The molecular weight excluding hydrogens is 303 g/mol. The quantitative estimate of drug-likeness (QED) is 0.860. The monoisotopic (exact) mass is 315 g/mol. The van der Waals surface area contributed by atoms with Gasteiger partial charge in [0.05, 0.1) is 11.5 Å². The van der Waals surface area contributed by atoms with E-state index >= 15 is 0 Å². The number of carbonyl (C=O) groups is 1. The van der Waals surface area contributed by atoms with E-state index in [9.17, 15) is 18.0 Å². The van der Waals surface area contributed by atoms with Gasteiger partial charge in [0.15, 0.2) is 11.6 Å². The third kappa shape index (κ3) is 3.62. The molecule has 0 radical (unpaired) electrons. The van der Waals surface area contributed by atoms with E-state index in [2.05, 4.69) is 5.32 Å². The van der Waals surface area contributed by atoms with Gasteiger partial charge in [-0.05, 0) is 24.3 Å². The molecule has 1 heterocycles. The zero-order valence-electron chi connectivity index (χ0n) is 11.1. The first-order chi connectivity index (χ1) is 10.0. The normalized spacial score (nSPS) is 10.7. The summed E-state index contributed by atoms with van der Waals surface area (Å²) >= 11 is 1.21. The molecule has 1 N–H and O–H groups in total. The highest BCUT2D eigenvalue weighted by atomic mass is 32.1. The third-order valence-electron chi connectivity index (χ3n) is 2.74. The van der Waals surface area contributed by atoms with E-state index in [4.69, 9.17) is 4.74 Å². The van der Waals surface area contributed by atoms with Crippen LogP contribution < -0.4 is 5.32 Å². The molecule has 0 bridgehead atoms. The van der Waals surface area contributed by atoms with Gasteiger partial charge in [0.1, 0.15) is 5.82 Å². The van der Waals surface area contributed by atoms with Gasteiger partial charge >= 0.3 is 0 Å². The number of carbonyl (C=O) groups excluding carboxylic acids is 1. The summed E-state index contributed by atoms with van der Waals surface area (Å²) in [5.74, 6) is -3.83. The second-order valence-electron chi connectivity index (χ2n) is 4.20. The van der Waals surface area contributed by atoms with Gasteiger partial charge in [-0.3, -0.25) is 4.79 Å². The van der Waals surface area contributed by atoms with Crippen LogP contribution in [0.2, 0.25) is 0 Å². The Morgan fingerprint density at radius 3 is 2.62 bits per heavy atom. The van der Waals surface area contributed by atoms with Crippen LogP contribution in [-0.2, 0) is 17.9 Å². The Labute approximate surface area is 123 Å². The molecule has 21 heavy (non-hydrogen) atoms. The van der Waals surface area contributed by atoms with E-state index in [-0.39, 0.29) is 0 Å². The summed E-state index contributed by atoms with van der Waals surface area (Å²) in [6, 6.07) is 4.84. The Morgan fingerprint density at radius 2 is 1.90 bits per heavy atom. The van der Waals surface area contributed by atoms with Gasteiger partial charge in [-0.15, -0.1) is 11.3 Å². The SMILES string of the molecule is COCc1ccc(C(=O)NCc2c(F)ccc(F)c2F)s1. The van der Waals surface area contributed by atoms with Crippen LogP contribution in [0.3, 0.4) is 0 Å². The molecule has 1 amide bonds.